The number of ether oxygens (including phenoxy) is 1. The number of nitrogens with two attached hydrogens (primary N) is 1. The minimum Gasteiger partial charge on any atom is -0.496 e. The molecule has 1 unspecified atom stereocenters. The zero-order valence-electron chi connectivity index (χ0n) is 10.4. The third-order valence-corrected chi connectivity index (χ3v) is 4.28. The third-order valence-electron chi connectivity index (χ3n) is 2.89. The molecule has 0 aliphatic rings. The van der Waals surface area contributed by atoms with Crippen LogP contribution in [0, 0.1) is 3.57 Å². The Kier molecular flexibility index (Phi) is 5.20. The molecule has 2 aromatic carbocycles. The van der Waals surface area contributed by atoms with Gasteiger partial charge in [0, 0.05) is 13.6 Å². The van der Waals surface area contributed by atoms with Crippen LogP contribution < -0.4 is 16.0 Å². The molecule has 2 rings (SSSR count). The lowest BCUT2D eigenvalue weighted by atomic mass is 9.98. The van der Waals surface area contributed by atoms with Gasteiger partial charge < -0.3 is 4.74 Å². The Labute approximate surface area is 134 Å². The van der Waals surface area contributed by atoms with Gasteiger partial charge in [0.2, 0.25) is 0 Å². The molecular formula is C14H14BrIN2O. The van der Waals surface area contributed by atoms with E-state index in [0.29, 0.717) is 0 Å². The second-order valence-corrected chi connectivity index (χ2v) is 6.11. The Morgan fingerprint density at radius 2 is 1.95 bits per heavy atom. The van der Waals surface area contributed by atoms with Crippen LogP contribution in [0.4, 0.5) is 0 Å². The molecule has 0 fully saturated rings. The number of nitrogens with one attached hydrogen (secondary N) is 1. The molecule has 0 saturated carbocycles. The number of halogens is 2. The van der Waals surface area contributed by atoms with Gasteiger partial charge in [0.15, 0.2) is 0 Å². The number of methoxy groups -OCH3 is 1. The molecule has 0 aromatic heterocycles. The van der Waals surface area contributed by atoms with Crippen molar-refractivity contribution in [2.75, 3.05) is 7.11 Å². The van der Waals surface area contributed by atoms with Crippen LogP contribution >= 0.6 is 38.5 Å². The summed E-state index contributed by atoms with van der Waals surface area (Å²) < 4.78 is 7.58. The van der Waals surface area contributed by atoms with Crippen LogP contribution in [0.1, 0.15) is 17.2 Å². The van der Waals surface area contributed by atoms with Crippen LogP contribution in [-0.2, 0) is 0 Å². The molecule has 0 heterocycles. The molecule has 1 atom stereocenters. The van der Waals surface area contributed by atoms with Crippen molar-refractivity contribution in [2.24, 2.45) is 5.84 Å². The number of hydrogen-bond acceptors (Lipinski definition) is 3. The Morgan fingerprint density at radius 1 is 1.21 bits per heavy atom. The maximum Gasteiger partial charge on any atom is 0.124 e. The molecule has 19 heavy (non-hydrogen) atoms. The van der Waals surface area contributed by atoms with Gasteiger partial charge in [0.1, 0.15) is 5.75 Å². The first-order valence-corrected chi connectivity index (χ1v) is 7.58. The zero-order chi connectivity index (χ0) is 13.8. The summed E-state index contributed by atoms with van der Waals surface area (Å²) in [6.45, 7) is 0. The van der Waals surface area contributed by atoms with Crippen molar-refractivity contribution in [3.8, 4) is 5.75 Å². The van der Waals surface area contributed by atoms with Crippen molar-refractivity contribution in [1.82, 2.24) is 5.43 Å². The van der Waals surface area contributed by atoms with Crippen molar-refractivity contribution < 1.29 is 4.74 Å². The fourth-order valence-corrected chi connectivity index (χ4v) is 2.98. The normalized spacial score (nSPS) is 12.2. The summed E-state index contributed by atoms with van der Waals surface area (Å²) >= 11 is 5.86. The van der Waals surface area contributed by atoms with Gasteiger partial charge >= 0.3 is 0 Å². The van der Waals surface area contributed by atoms with Crippen LogP contribution in [-0.4, -0.2) is 7.11 Å². The highest BCUT2D eigenvalue weighted by molar-refractivity contribution is 14.1. The summed E-state index contributed by atoms with van der Waals surface area (Å²) in [5.41, 5.74) is 4.96. The lowest BCUT2D eigenvalue weighted by Crippen LogP contribution is -2.29. The average Bonchev–Trinajstić information content (AvgIpc) is 2.44. The monoisotopic (exact) mass is 432 g/mol. The maximum absolute atomic E-state index is 5.75. The highest BCUT2D eigenvalue weighted by atomic mass is 127. The van der Waals surface area contributed by atoms with E-state index in [0.717, 1.165) is 24.9 Å². The second-order valence-electron chi connectivity index (χ2n) is 4.01. The SMILES string of the molecule is COc1ccccc1C(NN)c1cc(I)ccc1Br. The van der Waals surface area contributed by atoms with Gasteiger partial charge in [-0.05, 0) is 52.4 Å². The number of hydrazine groups is 1. The smallest absolute Gasteiger partial charge is 0.124 e. The zero-order valence-corrected chi connectivity index (χ0v) is 14.1. The first-order chi connectivity index (χ1) is 9.17. The predicted molar refractivity (Wildman–Crippen MR) is 89.0 cm³/mol. The lowest BCUT2D eigenvalue weighted by Gasteiger charge is -2.21. The number of rotatable bonds is 4. The van der Waals surface area contributed by atoms with Crippen molar-refractivity contribution in [1.29, 1.82) is 0 Å². The van der Waals surface area contributed by atoms with Crippen LogP contribution in [0.2, 0.25) is 0 Å². The molecule has 3 N–H and O–H groups in total. The summed E-state index contributed by atoms with van der Waals surface area (Å²) in [4.78, 5) is 0. The van der Waals surface area contributed by atoms with E-state index in [1.807, 2.05) is 36.4 Å². The van der Waals surface area contributed by atoms with E-state index in [1.54, 1.807) is 7.11 Å². The van der Waals surface area contributed by atoms with E-state index in [4.69, 9.17) is 10.6 Å². The highest BCUT2D eigenvalue weighted by Gasteiger charge is 2.19. The first kappa shape index (κ1) is 14.8. The predicted octanol–water partition coefficient (Wildman–Crippen LogP) is 3.62. The molecule has 0 radical (unpaired) electrons. The fourth-order valence-electron chi connectivity index (χ4n) is 1.99. The van der Waals surface area contributed by atoms with Crippen molar-refractivity contribution in [2.45, 2.75) is 6.04 Å². The summed E-state index contributed by atoms with van der Waals surface area (Å²) in [5.74, 6) is 6.57. The molecule has 3 nitrogen and oxygen atoms in total. The molecule has 2 aromatic rings. The third kappa shape index (κ3) is 3.28. The average molecular weight is 433 g/mol. The standard InChI is InChI=1S/C14H14BrIN2O/c1-19-13-5-3-2-4-10(13)14(18-17)11-8-9(16)6-7-12(11)15/h2-8,14,18H,17H2,1H3. The van der Waals surface area contributed by atoms with Crippen LogP contribution in [0.3, 0.4) is 0 Å². The minimum absolute atomic E-state index is 0.125. The van der Waals surface area contributed by atoms with Crippen LogP contribution in [0.5, 0.6) is 5.75 Å². The van der Waals surface area contributed by atoms with Gasteiger partial charge in [0.05, 0.1) is 13.2 Å². The number of benzene rings is 2. The molecule has 5 heteroatoms. The van der Waals surface area contributed by atoms with Crippen LogP contribution in [0.15, 0.2) is 46.9 Å². The van der Waals surface area contributed by atoms with E-state index in [1.165, 1.54) is 0 Å². The van der Waals surface area contributed by atoms with Gasteiger partial charge in [-0.25, -0.2) is 5.43 Å². The molecule has 0 spiro atoms. The fraction of sp³-hybridized carbons (Fsp3) is 0.143. The van der Waals surface area contributed by atoms with Crippen molar-refractivity contribution >= 4 is 38.5 Å². The quantitative estimate of drug-likeness (QED) is 0.440. The van der Waals surface area contributed by atoms with Crippen molar-refractivity contribution in [3.05, 3.63) is 61.6 Å². The second kappa shape index (κ2) is 6.69. The lowest BCUT2D eigenvalue weighted by molar-refractivity contribution is 0.404. The van der Waals surface area contributed by atoms with Gasteiger partial charge in [-0.15, -0.1) is 0 Å². The Bertz CT molecular complexity index is 577. The molecule has 0 aliphatic heterocycles. The van der Waals surface area contributed by atoms with Gasteiger partial charge in [0.25, 0.3) is 0 Å². The first-order valence-electron chi connectivity index (χ1n) is 5.71. The largest absolute Gasteiger partial charge is 0.496 e. The summed E-state index contributed by atoms with van der Waals surface area (Å²) in [6.07, 6.45) is 0. The van der Waals surface area contributed by atoms with Crippen LogP contribution in [0.25, 0.3) is 0 Å². The highest BCUT2D eigenvalue weighted by Crippen LogP contribution is 2.33. The molecule has 100 valence electrons. The topological polar surface area (TPSA) is 47.3 Å². The summed E-state index contributed by atoms with van der Waals surface area (Å²) in [5, 5.41) is 0. The molecule has 0 aliphatic carbocycles. The Hall–Kier alpha value is -0.630. The number of para-hydroxylation sites is 1. The van der Waals surface area contributed by atoms with E-state index in [-0.39, 0.29) is 6.04 Å². The molecule has 0 saturated heterocycles. The van der Waals surface area contributed by atoms with Gasteiger partial charge in [-0.3, -0.25) is 5.84 Å². The van der Waals surface area contributed by atoms with Crippen molar-refractivity contribution in [3.63, 3.8) is 0 Å². The van der Waals surface area contributed by atoms with E-state index >= 15 is 0 Å². The summed E-state index contributed by atoms with van der Waals surface area (Å²) in [7, 11) is 1.66. The summed E-state index contributed by atoms with van der Waals surface area (Å²) in [6, 6.07) is 13.9. The molecule has 0 bridgehead atoms. The number of hydrogen-bond donors (Lipinski definition) is 2. The van der Waals surface area contributed by atoms with Gasteiger partial charge in [-0.1, -0.05) is 34.1 Å². The minimum atomic E-state index is -0.125. The Balaban J connectivity index is 2.53. The van der Waals surface area contributed by atoms with Gasteiger partial charge in [-0.2, -0.15) is 0 Å². The van der Waals surface area contributed by atoms with E-state index in [9.17, 15) is 0 Å². The Morgan fingerprint density at radius 3 is 2.63 bits per heavy atom. The molecular weight excluding hydrogens is 419 g/mol. The molecule has 0 amide bonds. The van der Waals surface area contributed by atoms with E-state index < -0.39 is 0 Å². The van der Waals surface area contributed by atoms with E-state index in [2.05, 4.69) is 50.0 Å². The maximum atomic E-state index is 5.75.